The van der Waals surface area contributed by atoms with Crippen LogP contribution >= 0.6 is 11.8 Å². The van der Waals surface area contributed by atoms with Crippen LogP contribution in [0.1, 0.15) is 26.6 Å². The number of phenolic OH excluding ortho intramolecular Hbond substituents is 1. The lowest BCUT2D eigenvalue weighted by Crippen LogP contribution is -2.22. The van der Waals surface area contributed by atoms with E-state index in [1.807, 2.05) is 39.0 Å². The first-order valence-electron chi connectivity index (χ1n) is 11.4. The van der Waals surface area contributed by atoms with Gasteiger partial charge in [-0.3, -0.25) is 4.72 Å². The van der Waals surface area contributed by atoms with Crippen LogP contribution in [0.3, 0.4) is 0 Å². The Morgan fingerprint density at radius 2 is 1.73 bits per heavy atom. The molecule has 0 aliphatic heterocycles. The largest absolute Gasteiger partial charge is 0.506 e. The number of thioether (sulfide) groups is 1. The summed E-state index contributed by atoms with van der Waals surface area (Å²) >= 11 is 1.28. The average Bonchev–Trinajstić information content (AvgIpc) is 3.37. The minimum Gasteiger partial charge on any atom is -0.506 e. The number of anilines is 1. The summed E-state index contributed by atoms with van der Waals surface area (Å²) in [6.45, 7) is 5.92. The first-order valence-corrected chi connectivity index (χ1v) is 13.9. The van der Waals surface area contributed by atoms with Crippen LogP contribution in [0.25, 0.3) is 21.5 Å². The second kappa shape index (κ2) is 9.56. The van der Waals surface area contributed by atoms with Crippen molar-refractivity contribution in [2.75, 3.05) is 4.72 Å². The Bertz CT molecular complexity index is 1700. The number of ether oxygens (including phenoxy) is 1. The fraction of sp³-hybridized carbons (Fsp3) is 0.192. The maximum atomic E-state index is 13.4. The molecule has 0 radical (unpaired) electrons. The summed E-state index contributed by atoms with van der Waals surface area (Å²) in [5.41, 5.74) is 0.0224. The van der Waals surface area contributed by atoms with Gasteiger partial charge < -0.3 is 9.84 Å². The van der Waals surface area contributed by atoms with Crippen molar-refractivity contribution in [3.63, 3.8) is 0 Å². The molecule has 0 aliphatic carbocycles. The third-order valence-corrected chi connectivity index (χ3v) is 7.88. The number of phenols is 1. The van der Waals surface area contributed by atoms with Gasteiger partial charge in [0.2, 0.25) is 0 Å². The number of sulfonamides is 1. The minimum absolute atomic E-state index is 0.0611. The molecular formula is C26H25N5O4S2. The maximum absolute atomic E-state index is 13.4. The zero-order chi connectivity index (χ0) is 26.2. The zero-order valence-electron chi connectivity index (χ0n) is 20.4. The zero-order valence-corrected chi connectivity index (χ0v) is 22.0. The van der Waals surface area contributed by atoms with Crippen molar-refractivity contribution < 1.29 is 18.3 Å². The van der Waals surface area contributed by atoms with Gasteiger partial charge in [0.05, 0.1) is 21.2 Å². The topological polar surface area (TPSA) is 130 Å². The molecule has 37 heavy (non-hydrogen) atoms. The third-order valence-electron chi connectivity index (χ3n) is 5.49. The van der Waals surface area contributed by atoms with Gasteiger partial charge in [0.1, 0.15) is 17.1 Å². The summed E-state index contributed by atoms with van der Waals surface area (Å²) in [5.74, 6) is 1.59. The molecule has 0 fully saturated rings. The molecule has 190 valence electrons. The molecule has 1 heterocycles. The van der Waals surface area contributed by atoms with E-state index in [2.05, 4.69) is 25.3 Å². The SMILES string of the molecule is CC(C)(C)Oc1ccc2cc(S(=O)(=O)Nc3cc(SCc4nn[nH]n4)c(O)c4ccccc34)ccc2c1. The van der Waals surface area contributed by atoms with Gasteiger partial charge in [0.15, 0.2) is 5.82 Å². The van der Waals surface area contributed by atoms with Crippen LogP contribution in [-0.4, -0.2) is 39.7 Å². The molecule has 5 rings (SSSR count). The molecule has 5 aromatic rings. The lowest BCUT2D eigenvalue weighted by molar-refractivity contribution is 0.131. The highest BCUT2D eigenvalue weighted by molar-refractivity contribution is 7.98. The summed E-state index contributed by atoms with van der Waals surface area (Å²) < 4.78 is 35.5. The molecule has 0 saturated carbocycles. The van der Waals surface area contributed by atoms with E-state index >= 15 is 0 Å². The molecule has 3 N–H and O–H groups in total. The molecule has 0 unspecified atom stereocenters. The monoisotopic (exact) mass is 535 g/mol. The highest BCUT2D eigenvalue weighted by Crippen LogP contribution is 2.41. The van der Waals surface area contributed by atoms with Gasteiger partial charge in [-0.1, -0.05) is 41.6 Å². The van der Waals surface area contributed by atoms with E-state index in [1.54, 1.807) is 48.5 Å². The molecule has 1 aromatic heterocycles. The van der Waals surface area contributed by atoms with E-state index in [4.69, 9.17) is 4.74 Å². The normalized spacial score (nSPS) is 12.2. The summed E-state index contributed by atoms with van der Waals surface area (Å²) in [6.07, 6.45) is 0. The van der Waals surface area contributed by atoms with Gasteiger partial charge in [0.25, 0.3) is 10.0 Å². The number of benzene rings is 4. The van der Waals surface area contributed by atoms with Crippen molar-refractivity contribution in [2.24, 2.45) is 0 Å². The number of aromatic amines is 1. The Morgan fingerprint density at radius 3 is 2.46 bits per heavy atom. The second-order valence-corrected chi connectivity index (χ2v) is 12.1. The van der Waals surface area contributed by atoms with Gasteiger partial charge in [-0.25, -0.2) is 8.42 Å². The maximum Gasteiger partial charge on any atom is 0.261 e. The molecule has 4 aromatic carbocycles. The van der Waals surface area contributed by atoms with Crippen molar-refractivity contribution in [3.05, 3.63) is 72.6 Å². The number of tetrazole rings is 1. The van der Waals surface area contributed by atoms with Crippen LogP contribution in [-0.2, 0) is 15.8 Å². The van der Waals surface area contributed by atoms with E-state index in [9.17, 15) is 13.5 Å². The van der Waals surface area contributed by atoms with Crippen LogP contribution in [0.15, 0.2) is 76.5 Å². The van der Waals surface area contributed by atoms with Crippen LogP contribution < -0.4 is 9.46 Å². The number of nitrogens with zero attached hydrogens (tertiary/aromatic N) is 3. The fourth-order valence-electron chi connectivity index (χ4n) is 3.90. The first-order chi connectivity index (χ1) is 17.6. The highest BCUT2D eigenvalue weighted by Gasteiger charge is 2.20. The van der Waals surface area contributed by atoms with Crippen molar-refractivity contribution >= 4 is 49.0 Å². The molecule has 9 nitrogen and oxygen atoms in total. The molecule has 0 saturated heterocycles. The first kappa shape index (κ1) is 24.8. The molecule has 11 heteroatoms. The quantitative estimate of drug-likeness (QED) is 0.184. The van der Waals surface area contributed by atoms with E-state index < -0.39 is 10.0 Å². The van der Waals surface area contributed by atoms with Crippen molar-refractivity contribution in [1.29, 1.82) is 0 Å². The number of hydrogen-bond donors (Lipinski definition) is 3. The van der Waals surface area contributed by atoms with Crippen molar-refractivity contribution in [1.82, 2.24) is 20.6 Å². The predicted molar refractivity (Wildman–Crippen MR) is 144 cm³/mol. The third kappa shape index (κ3) is 5.47. The van der Waals surface area contributed by atoms with Crippen LogP contribution in [0.2, 0.25) is 0 Å². The molecule has 0 bridgehead atoms. The predicted octanol–water partition coefficient (Wildman–Crippen LogP) is 5.48. The van der Waals surface area contributed by atoms with Crippen LogP contribution in [0.4, 0.5) is 5.69 Å². The molecular weight excluding hydrogens is 510 g/mol. The number of fused-ring (bicyclic) bond motifs is 2. The van der Waals surface area contributed by atoms with Gasteiger partial charge >= 0.3 is 0 Å². The molecule has 0 amide bonds. The fourth-order valence-corrected chi connectivity index (χ4v) is 5.86. The minimum atomic E-state index is -3.93. The number of nitrogens with one attached hydrogen (secondary N) is 2. The van der Waals surface area contributed by atoms with Gasteiger partial charge in [-0.15, -0.1) is 22.0 Å². The number of hydrogen-bond acceptors (Lipinski definition) is 8. The number of aromatic nitrogens is 4. The van der Waals surface area contributed by atoms with Gasteiger partial charge in [-0.05, 0) is 61.9 Å². The van der Waals surface area contributed by atoms with E-state index in [-0.39, 0.29) is 16.2 Å². The Balaban J connectivity index is 1.48. The van der Waals surface area contributed by atoms with E-state index in [1.165, 1.54) is 11.8 Å². The highest BCUT2D eigenvalue weighted by atomic mass is 32.2. The number of aromatic hydroxyl groups is 1. The lowest BCUT2D eigenvalue weighted by Gasteiger charge is -2.21. The standard InChI is InChI=1S/C26H25N5O4S2/c1-26(2,3)35-18-10-8-17-13-19(11-9-16(17)12-18)37(33,34)29-22-14-23(36-15-24-27-30-31-28-24)25(32)21-7-5-4-6-20(21)22/h4-14,29,32H,15H2,1-3H3,(H,27,28,30,31). The summed E-state index contributed by atoms with van der Waals surface area (Å²) in [6, 6.07) is 19.2. The average molecular weight is 536 g/mol. The van der Waals surface area contributed by atoms with E-state index in [0.29, 0.717) is 32.9 Å². The van der Waals surface area contributed by atoms with Crippen molar-refractivity contribution in [3.8, 4) is 11.5 Å². The lowest BCUT2D eigenvalue weighted by atomic mass is 10.1. The Morgan fingerprint density at radius 1 is 1.00 bits per heavy atom. The Kier molecular flexibility index (Phi) is 6.42. The van der Waals surface area contributed by atoms with Gasteiger partial charge in [0, 0.05) is 10.8 Å². The number of H-pyrrole nitrogens is 1. The summed E-state index contributed by atoms with van der Waals surface area (Å²) in [4.78, 5) is 0.619. The van der Waals surface area contributed by atoms with Crippen LogP contribution in [0, 0.1) is 0 Å². The Labute approximate surface area is 218 Å². The number of rotatable bonds is 7. The molecule has 0 spiro atoms. The Hall–Kier alpha value is -3.83. The van der Waals surface area contributed by atoms with E-state index in [0.717, 1.165) is 16.5 Å². The summed E-state index contributed by atoms with van der Waals surface area (Å²) in [7, 11) is -3.93. The molecule has 0 aliphatic rings. The van der Waals surface area contributed by atoms with Gasteiger partial charge in [-0.2, -0.15) is 5.21 Å². The van der Waals surface area contributed by atoms with Crippen LogP contribution in [0.5, 0.6) is 11.5 Å². The smallest absolute Gasteiger partial charge is 0.261 e. The van der Waals surface area contributed by atoms with Crippen molar-refractivity contribution in [2.45, 2.75) is 41.9 Å². The second-order valence-electron chi connectivity index (χ2n) is 9.42. The molecule has 0 atom stereocenters. The summed E-state index contributed by atoms with van der Waals surface area (Å²) in [5, 5.41) is 27.4.